The fourth-order valence-electron chi connectivity index (χ4n) is 2.40. The number of nitrogens with zero attached hydrogens (tertiary/aromatic N) is 1. The Balaban J connectivity index is 1.67. The summed E-state index contributed by atoms with van der Waals surface area (Å²) >= 11 is 5.10. The minimum Gasteiger partial charge on any atom is -0.492 e. The van der Waals surface area contributed by atoms with Crippen molar-refractivity contribution < 1.29 is 9.53 Å². The third-order valence-corrected chi connectivity index (χ3v) is 4.14. The average Bonchev–Trinajstić information content (AvgIpc) is 2.63. The number of fused-ring (bicyclic) bond motifs is 1. The topological polar surface area (TPSA) is 76.1 Å². The Morgan fingerprint density at radius 2 is 2.00 bits per heavy atom. The summed E-state index contributed by atoms with van der Waals surface area (Å²) in [4.78, 5) is 27.3. The fourth-order valence-corrected chi connectivity index (χ4v) is 2.59. The number of rotatable bonds is 5. The number of aromatic amines is 1. The van der Waals surface area contributed by atoms with Gasteiger partial charge in [0.05, 0.1) is 17.4 Å². The molecule has 0 atom stereocenters. The number of aromatic nitrogens is 2. The second-order valence-electron chi connectivity index (χ2n) is 5.47. The molecule has 3 aromatic rings. The van der Waals surface area contributed by atoms with Gasteiger partial charge in [-0.05, 0) is 42.5 Å². The number of hydrogen-bond donors (Lipinski definition) is 2. The van der Waals surface area contributed by atoms with Gasteiger partial charge in [0.15, 0.2) is 4.77 Å². The van der Waals surface area contributed by atoms with Crippen molar-refractivity contribution in [3.8, 4) is 5.75 Å². The maximum Gasteiger partial charge on any atom is 0.261 e. The number of amides is 1. The van der Waals surface area contributed by atoms with Crippen LogP contribution in [0.5, 0.6) is 5.75 Å². The first-order valence-electron chi connectivity index (χ1n) is 7.75. The van der Waals surface area contributed by atoms with Crippen LogP contribution in [0.4, 0.5) is 0 Å². The lowest BCUT2D eigenvalue weighted by Crippen LogP contribution is -2.28. The van der Waals surface area contributed by atoms with E-state index in [4.69, 9.17) is 17.0 Å². The molecule has 3 rings (SSSR count). The van der Waals surface area contributed by atoms with E-state index in [1.54, 1.807) is 25.2 Å². The Hall–Kier alpha value is -2.93. The third-order valence-electron chi connectivity index (χ3n) is 3.76. The van der Waals surface area contributed by atoms with E-state index >= 15 is 0 Å². The molecule has 0 radical (unpaired) electrons. The summed E-state index contributed by atoms with van der Waals surface area (Å²) in [7, 11) is 1.61. The van der Waals surface area contributed by atoms with Crippen LogP contribution in [0.1, 0.15) is 10.4 Å². The summed E-state index contributed by atoms with van der Waals surface area (Å²) in [5.74, 6) is 0.518. The van der Waals surface area contributed by atoms with Gasteiger partial charge < -0.3 is 15.0 Å². The monoisotopic (exact) mass is 355 g/mol. The number of nitrogens with one attached hydrogen (secondary N) is 2. The number of para-hydroxylation sites is 1. The fraction of sp³-hybridized carbons (Fsp3) is 0.167. The summed E-state index contributed by atoms with van der Waals surface area (Å²) in [5.41, 5.74) is 0.800. The van der Waals surface area contributed by atoms with Crippen LogP contribution in [0.3, 0.4) is 0 Å². The van der Waals surface area contributed by atoms with E-state index < -0.39 is 0 Å². The van der Waals surface area contributed by atoms with Crippen LogP contribution < -0.4 is 15.6 Å². The van der Waals surface area contributed by atoms with Gasteiger partial charge in [-0.25, -0.2) is 0 Å². The van der Waals surface area contributed by atoms with Gasteiger partial charge in [0.1, 0.15) is 12.4 Å². The molecule has 1 aromatic heterocycles. The molecule has 0 unspecified atom stereocenters. The van der Waals surface area contributed by atoms with Gasteiger partial charge in [0.2, 0.25) is 0 Å². The molecule has 2 aromatic carbocycles. The van der Waals surface area contributed by atoms with Crippen LogP contribution in [0.2, 0.25) is 0 Å². The lowest BCUT2D eigenvalue weighted by Gasteiger charge is -2.08. The van der Waals surface area contributed by atoms with Gasteiger partial charge >= 0.3 is 0 Å². The van der Waals surface area contributed by atoms with Gasteiger partial charge in [-0.15, -0.1) is 0 Å². The number of carbonyl (C=O) groups excluding carboxylic acids is 1. The summed E-state index contributed by atoms with van der Waals surface area (Å²) in [6.07, 6.45) is 0. The highest BCUT2D eigenvalue weighted by Crippen LogP contribution is 2.11. The van der Waals surface area contributed by atoms with Crippen LogP contribution >= 0.6 is 12.2 Å². The lowest BCUT2D eigenvalue weighted by molar-refractivity contribution is 0.0947. The number of H-pyrrole nitrogens is 1. The SMILES string of the molecule is Cn1c(=S)[nH]c2cc(C(=O)NCCOc3ccccc3)ccc2c1=O. The van der Waals surface area contributed by atoms with Crippen LogP contribution in [0, 0.1) is 4.77 Å². The largest absolute Gasteiger partial charge is 0.492 e. The van der Waals surface area contributed by atoms with Crippen LogP contribution in [-0.2, 0) is 7.05 Å². The molecule has 1 amide bonds. The second-order valence-corrected chi connectivity index (χ2v) is 5.86. The predicted molar refractivity (Wildman–Crippen MR) is 98.6 cm³/mol. The summed E-state index contributed by atoms with van der Waals surface area (Å²) in [6.45, 7) is 0.741. The predicted octanol–water partition coefficient (Wildman–Crippen LogP) is 2.40. The molecule has 0 aliphatic heterocycles. The normalized spacial score (nSPS) is 10.6. The molecule has 128 valence electrons. The van der Waals surface area contributed by atoms with Crippen molar-refractivity contribution in [3.63, 3.8) is 0 Å². The Kier molecular flexibility index (Phi) is 4.95. The molecule has 0 saturated carbocycles. The molecular formula is C18H17N3O3S. The molecule has 0 bridgehead atoms. The standard InChI is InChI=1S/C18H17N3O3S/c1-21-17(23)14-8-7-12(11-15(14)20-18(21)25)16(22)19-9-10-24-13-5-3-2-4-6-13/h2-8,11H,9-10H2,1H3,(H,19,22)(H,20,25). The van der Waals surface area contributed by atoms with E-state index in [1.807, 2.05) is 30.3 Å². The molecule has 0 saturated heterocycles. The first-order chi connectivity index (χ1) is 12.1. The lowest BCUT2D eigenvalue weighted by atomic mass is 10.1. The highest BCUT2D eigenvalue weighted by Gasteiger charge is 2.09. The van der Waals surface area contributed by atoms with Gasteiger partial charge in [0, 0.05) is 12.6 Å². The highest BCUT2D eigenvalue weighted by atomic mass is 32.1. The summed E-state index contributed by atoms with van der Waals surface area (Å²) < 4.78 is 7.20. The maximum absolute atomic E-state index is 12.2. The van der Waals surface area contributed by atoms with Crippen molar-refractivity contribution >= 4 is 29.0 Å². The Morgan fingerprint density at radius 3 is 2.76 bits per heavy atom. The number of hydrogen-bond acceptors (Lipinski definition) is 4. The zero-order valence-electron chi connectivity index (χ0n) is 13.6. The number of carbonyl (C=O) groups is 1. The Labute approximate surface area is 149 Å². The number of benzene rings is 2. The molecule has 0 fully saturated rings. The quantitative estimate of drug-likeness (QED) is 0.544. The van der Waals surface area contributed by atoms with Gasteiger partial charge in [0.25, 0.3) is 11.5 Å². The van der Waals surface area contributed by atoms with E-state index in [0.29, 0.717) is 34.4 Å². The zero-order chi connectivity index (χ0) is 17.8. The second kappa shape index (κ2) is 7.31. The van der Waals surface area contributed by atoms with Crippen molar-refractivity contribution in [3.05, 3.63) is 69.2 Å². The van der Waals surface area contributed by atoms with Gasteiger partial charge in [-0.3, -0.25) is 14.2 Å². The molecular weight excluding hydrogens is 338 g/mol. The van der Waals surface area contributed by atoms with E-state index in [2.05, 4.69) is 10.3 Å². The minimum atomic E-state index is -0.237. The molecule has 6 nitrogen and oxygen atoms in total. The van der Waals surface area contributed by atoms with Crippen LogP contribution in [0.25, 0.3) is 10.9 Å². The molecule has 2 N–H and O–H groups in total. The molecule has 0 spiro atoms. The smallest absolute Gasteiger partial charge is 0.261 e. The third kappa shape index (κ3) is 3.77. The minimum absolute atomic E-state index is 0.193. The molecule has 1 heterocycles. The zero-order valence-corrected chi connectivity index (χ0v) is 14.4. The highest BCUT2D eigenvalue weighted by molar-refractivity contribution is 7.71. The van der Waals surface area contributed by atoms with E-state index in [0.717, 1.165) is 5.75 Å². The average molecular weight is 355 g/mol. The van der Waals surface area contributed by atoms with Crippen LogP contribution in [0.15, 0.2) is 53.3 Å². The van der Waals surface area contributed by atoms with Crippen molar-refractivity contribution in [2.45, 2.75) is 0 Å². The first kappa shape index (κ1) is 16.9. The molecule has 0 aliphatic rings. The first-order valence-corrected chi connectivity index (χ1v) is 8.16. The van der Waals surface area contributed by atoms with E-state index in [-0.39, 0.29) is 11.5 Å². The maximum atomic E-state index is 12.2. The summed E-state index contributed by atoms with van der Waals surface area (Å²) in [5, 5.41) is 3.27. The van der Waals surface area contributed by atoms with E-state index in [9.17, 15) is 9.59 Å². The van der Waals surface area contributed by atoms with Crippen molar-refractivity contribution in [2.75, 3.05) is 13.2 Å². The van der Waals surface area contributed by atoms with Crippen LogP contribution in [-0.4, -0.2) is 28.6 Å². The van der Waals surface area contributed by atoms with Crippen molar-refractivity contribution in [2.24, 2.45) is 7.05 Å². The Bertz CT molecular complexity index is 1030. The molecule has 7 heteroatoms. The molecule has 0 aliphatic carbocycles. The summed E-state index contributed by atoms with van der Waals surface area (Å²) in [6, 6.07) is 14.3. The van der Waals surface area contributed by atoms with Gasteiger partial charge in [-0.2, -0.15) is 0 Å². The van der Waals surface area contributed by atoms with Crippen molar-refractivity contribution in [1.29, 1.82) is 0 Å². The van der Waals surface area contributed by atoms with E-state index in [1.165, 1.54) is 4.57 Å². The number of ether oxygens (including phenoxy) is 1. The molecule has 25 heavy (non-hydrogen) atoms. The van der Waals surface area contributed by atoms with Gasteiger partial charge in [-0.1, -0.05) is 18.2 Å². The Morgan fingerprint density at radius 1 is 1.24 bits per heavy atom. The van der Waals surface area contributed by atoms with Crippen molar-refractivity contribution in [1.82, 2.24) is 14.9 Å².